The number of hydrogen-bond donors (Lipinski definition) is 0. The molecular formula is C12H25. The first-order valence-electron chi connectivity index (χ1n) is 5.45. The highest BCUT2D eigenvalue weighted by Gasteiger charge is 2.13. The quantitative estimate of drug-likeness (QED) is 0.551. The molecule has 0 N–H and O–H groups in total. The third-order valence-electron chi connectivity index (χ3n) is 2.85. The Kier molecular flexibility index (Phi) is 6.51. The second kappa shape index (κ2) is 6.51. The standard InChI is InChI=1S/C12H25/c1-6-8-12(7-2)9-11(5)10(3)4/h10-11H,6-9H2,1-5H3. The van der Waals surface area contributed by atoms with Crippen LogP contribution >= 0.6 is 0 Å². The summed E-state index contributed by atoms with van der Waals surface area (Å²) in [7, 11) is 0. The maximum atomic E-state index is 2.37. The average Bonchev–Trinajstić information content (AvgIpc) is 2.03. The van der Waals surface area contributed by atoms with Crippen LogP contribution in [-0.4, -0.2) is 0 Å². The van der Waals surface area contributed by atoms with Crippen LogP contribution in [0.1, 0.15) is 60.3 Å². The Bertz CT molecular complexity index is 94.2. The summed E-state index contributed by atoms with van der Waals surface area (Å²) in [5.74, 6) is 3.47. The predicted octanol–water partition coefficient (Wildman–Crippen LogP) is 4.45. The van der Waals surface area contributed by atoms with Crippen molar-refractivity contribution >= 4 is 0 Å². The first-order valence-corrected chi connectivity index (χ1v) is 5.45. The van der Waals surface area contributed by atoms with Crippen molar-refractivity contribution in [3.8, 4) is 0 Å². The monoisotopic (exact) mass is 169 g/mol. The summed E-state index contributed by atoms with van der Waals surface area (Å²) < 4.78 is 0. The van der Waals surface area contributed by atoms with Gasteiger partial charge in [0.2, 0.25) is 0 Å². The molecule has 0 heteroatoms. The molecule has 0 aliphatic rings. The SMILES string of the molecule is CCC[C](CC)CC(C)C(C)C. The fraction of sp³-hybridized carbons (Fsp3) is 0.917. The lowest BCUT2D eigenvalue weighted by atomic mass is 9.85. The zero-order valence-corrected chi connectivity index (χ0v) is 9.48. The normalized spacial score (nSPS) is 14.2. The van der Waals surface area contributed by atoms with Crippen LogP contribution in [-0.2, 0) is 0 Å². The second-order valence-electron chi connectivity index (χ2n) is 4.28. The van der Waals surface area contributed by atoms with Gasteiger partial charge in [-0.3, -0.25) is 0 Å². The van der Waals surface area contributed by atoms with E-state index in [4.69, 9.17) is 0 Å². The van der Waals surface area contributed by atoms with Crippen LogP contribution in [0.4, 0.5) is 0 Å². The molecule has 0 bridgehead atoms. The highest BCUT2D eigenvalue weighted by Crippen LogP contribution is 2.26. The summed E-state index contributed by atoms with van der Waals surface area (Å²) in [5, 5.41) is 0. The van der Waals surface area contributed by atoms with Crippen molar-refractivity contribution < 1.29 is 0 Å². The zero-order valence-electron chi connectivity index (χ0n) is 9.48. The van der Waals surface area contributed by atoms with Crippen LogP contribution in [0.3, 0.4) is 0 Å². The van der Waals surface area contributed by atoms with E-state index in [9.17, 15) is 0 Å². The Labute approximate surface area is 78.8 Å². The molecule has 0 aromatic heterocycles. The molecule has 0 spiro atoms. The van der Waals surface area contributed by atoms with Crippen molar-refractivity contribution in [2.24, 2.45) is 11.8 Å². The molecule has 0 nitrogen and oxygen atoms in total. The highest BCUT2D eigenvalue weighted by molar-refractivity contribution is 4.89. The third-order valence-corrected chi connectivity index (χ3v) is 2.85. The van der Waals surface area contributed by atoms with Crippen LogP contribution in [0, 0.1) is 17.8 Å². The number of rotatable bonds is 6. The van der Waals surface area contributed by atoms with Gasteiger partial charge in [-0.05, 0) is 37.0 Å². The Hall–Kier alpha value is 0. The molecule has 0 aliphatic carbocycles. The van der Waals surface area contributed by atoms with E-state index < -0.39 is 0 Å². The van der Waals surface area contributed by atoms with E-state index in [-0.39, 0.29) is 0 Å². The molecular weight excluding hydrogens is 144 g/mol. The molecule has 0 aromatic rings. The van der Waals surface area contributed by atoms with Crippen LogP contribution in [0.2, 0.25) is 0 Å². The van der Waals surface area contributed by atoms with E-state index in [0.29, 0.717) is 0 Å². The predicted molar refractivity (Wildman–Crippen MR) is 57.1 cm³/mol. The summed E-state index contributed by atoms with van der Waals surface area (Å²) in [6.45, 7) is 11.6. The molecule has 1 atom stereocenters. The third kappa shape index (κ3) is 4.79. The fourth-order valence-electron chi connectivity index (χ4n) is 1.47. The van der Waals surface area contributed by atoms with Crippen molar-refractivity contribution in [3.05, 3.63) is 5.92 Å². The van der Waals surface area contributed by atoms with E-state index in [1.54, 1.807) is 5.92 Å². The Balaban J connectivity index is 3.68. The molecule has 0 amide bonds. The van der Waals surface area contributed by atoms with E-state index in [2.05, 4.69) is 34.6 Å². The summed E-state index contributed by atoms with van der Waals surface area (Å²) >= 11 is 0. The Morgan fingerprint density at radius 1 is 1.08 bits per heavy atom. The van der Waals surface area contributed by atoms with E-state index >= 15 is 0 Å². The van der Waals surface area contributed by atoms with Crippen LogP contribution in [0.5, 0.6) is 0 Å². The van der Waals surface area contributed by atoms with Gasteiger partial charge in [-0.2, -0.15) is 0 Å². The summed E-state index contributed by atoms with van der Waals surface area (Å²) in [4.78, 5) is 0. The molecule has 12 heavy (non-hydrogen) atoms. The van der Waals surface area contributed by atoms with Gasteiger partial charge in [-0.25, -0.2) is 0 Å². The molecule has 0 saturated carbocycles. The lowest BCUT2D eigenvalue weighted by Gasteiger charge is -2.21. The van der Waals surface area contributed by atoms with Gasteiger partial charge in [-0.1, -0.05) is 41.0 Å². The molecule has 0 heterocycles. The highest BCUT2D eigenvalue weighted by atomic mass is 14.2. The van der Waals surface area contributed by atoms with Crippen molar-refractivity contribution in [1.82, 2.24) is 0 Å². The van der Waals surface area contributed by atoms with Crippen molar-refractivity contribution in [3.63, 3.8) is 0 Å². The van der Waals surface area contributed by atoms with Crippen LogP contribution in [0.15, 0.2) is 0 Å². The van der Waals surface area contributed by atoms with Gasteiger partial charge in [0.15, 0.2) is 0 Å². The largest absolute Gasteiger partial charge is 0.0654 e. The minimum absolute atomic E-state index is 0.836. The molecule has 1 unspecified atom stereocenters. The van der Waals surface area contributed by atoms with Gasteiger partial charge in [0.25, 0.3) is 0 Å². The Morgan fingerprint density at radius 3 is 2.00 bits per heavy atom. The Morgan fingerprint density at radius 2 is 1.67 bits per heavy atom. The lowest BCUT2D eigenvalue weighted by molar-refractivity contribution is 0.385. The molecule has 0 aliphatic heterocycles. The molecule has 0 rings (SSSR count). The minimum atomic E-state index is 0.836. The summed E-state index contributed by atoms with van der Waals surface area (Å²) in [5.41, 5.74) is 0. The molecule has 0 fully saturated rings. The van der Waals surface area contributed by atoms with Gasteiger partial charge in [0.1, 0.15) is 0 Å². The van der Waals surface area contributed by atoms with Gasteiger partial charge >= 0.3 is 0 Å². The van der Waals surface area contributed by atoms with Gasteiger partial charge in [0.05, 0.1) is 0 Å². The molecule has 73 valence electrons. The lowest BCUT2D eigenvalue weighted by Crippen LogP contribution is -2.09. The first kappa shape index (κ1) is 12.0. The smallest absolute Gasteiger partial charge is 0.0241 e. The van der Waals surface area contributed by atoms with E-state index in [1.807, 2.05) is 0 Å². The minimum Gasteiger partial charge on any atom is -0.0654 e. The number of hydrogen-bond acceptors (Lipinski definition) is 0. The fourth-order valence-corrected chi connectivity index (χ4v) is 1.47. The molecule has 0 aromatic carbocycles. The maximum absolute atomic E-state index is 2.37. The topological polar surface area (TPSA) is 0 Å². The summed E-state index contributed by atoms with van der Waals surface area (Å²) in [6.07, 6.45) is 5.29. The van der Waals surface area contributed by atoms with Crippen LogP contribution < -0.4 is 0 Å². The zero-order chi connectivity index (χ0) is 9.56. The summed E-state index contributed by atoms with van der Waals surface area (Å²) in [6, 6.07) is 0. The van der Waals surface area contributed by atoms with Crippen molar-refractivity contribution in [2.75, 3.05) is 0 Å². The van der Waals surface area contributed by atoms with Gasteiger partial charge < -0.3 is 0 Å². The van der Waals surface area contributed by atoms with Gasteiger partial charge in [0, 0.05) is 0 Å². The van der Waals surface area contributed by atoms with E-state index in [0.717, 1.165) is 11.8 Å². The average molecular weight is 169 g/mol. The maximum Gasteiger partial charge on any atom is -0.0241 e. The van der Waals surface area contributed by atoms with Gasteiger partial charge in [-0.15, -0.1) is 0 Å². The van der Waals surface area contributed by atoms with Crippen LogP contribution in [0.25, 0.3) is 0 Å². The van der Waals surface area contributed by atoms with Crippen molar-refractivity contribution in [1.29, 1.82) is 0 Å². The molecule has 0 saturated heterocycles. The van der Waals surface area contributed by atoms with Crippen molar-refractivity contribution in [2.45, 2.75) is 60.3 Å². The van der Waals surface area contributed by atoms with E-state index in [1.165, 1.54) is 25.7 Å². The first-order chi connectivity index (χ1) is 5.61. The second-order valence-corrected chi connectivity index (χ2v) is 4.28. The molecule has 1 radical (unpaired) electrons.